The van der Waals surface area contributed by atoms with Gasteiger partial charge in [-0.1, -0.05) is 30.3 Å². The van der Waals surface area contributed by atoms with E-state index < -0.39 is 0 Å². The molecule has 34 heavy (non-hydrogen) atoms. The van der Waals surface area contributed by atoms with Crippen molar-refractivity contribution in [3.63, 3.8) is 0 Å². The van der Waals surface area contributed by atoms with Gasteiger partial charge in [0.1, 0.15) is 0 Å². The lowest BCUT2D eigenvalue weighted by Gasteiger charge is -2.29. The van der Waals surface area contributed by atoms with Crippen LogP contribution in [0.1, 0.15) is 69.8 Å². The number of tetrazole rings is 1. The molecule has 1 unspecified atom stereocenters. The van der Waals surface area contributed by atoms with Gasteiger partial charge in [0, 0.05) is 23.7 Å². The summed E-state index contributed by atoms with van der Waals surface area (Å²) in [6.45, 7) is 4.60. The van der Waals surface area contributed by atoms with Gasteiger partial charge in [0.2, 0.25) is 0 Å². The molecule has 8 nitrogen and oxygen atoms in total. The number of nitrogens with one attached hydrogen (secondary N) is 1. The second-order valence-corrected chi connectivity index (χ2v) is 8.89. The molecule has 2 aromatic carbocycles. The molecule has 8 heteroatoms. The van der Waals surface area contributed by atoms with Crippen molar-refractivity contribution in [2.75, 3.05) is 7.11 Å². The van der Waals surface area contributed by atoms with Gasteiger partial charge in [-0.15, -0.1) is 5.10 Å². The molecule has 1 N–H and O–H groups in total. The Balaban J connectivity index is 1.54. The molecule has 2 heterocycles. The predicted molar refractivity (Wildman–Crippen MR) is 128 cm³/mol. The summed E-state index contributed by atoms with van der Waals surface area (Å²) >= 11 is 0. The molecule has 0 radical (unpaired) electrons. The minimum atomic E-state index is -0.327. The van der Waals surface area contributed by atoms with Crippen LogP contribution in [-0.4, -0.2) is 38.3 Å². The fraction of sp³-hybridized carbons (Fsp3) is 0.346. The molecule has 0 aliphatic heterocycles. The minimum Gasteiger partial charge on any atom is -0.465 e. The molecule has 1 atom stereocenters. The smallest absolute Gasteiger partial charge is 0.338 e. The van der Waals surface area contributed by atoms with Gasteiger partial charge in [0.05, 0.1) is 30.3 Å². The van der Waals surface area contributed by atoms with E-state index >= 15 is 0 Å². The molecule has 0 amide bonds. The Morgan fingerprint density at radius 3 is 2.76 bits per heavy atom. The van der Waals surface area contributed by atoms with E-state index in [0.717, 1.165) is 51.8 Å². The average molecular weight is 457 g/mol. The maximum Gasteiger partial charge on any atom is 0.338 e. The topological polar surface area (TPSA) is 94.8 Å². The van der Waals surface area contributed by atoms with E-state index in [0.29, 0.717) is 18.2 Å². The number of hydrogen-bond acceptors (Lipinski definition) is 7. The number of benzene rings is 2. The Bertz CT molecular complexity index is 1340. The van der Waals surface area contributed by atoms with Crippen LogP contribution in [-0.2, 0) is 11.3 Å². The van der Waals surface area contributed by atoms with Gasteiger partial charge in [-0.05, 0) is 72.4 Å². The second-order valence-electron chi connectivity index (χ2n) is 8.89. The molecular weight excluding hydrogens is 428 g/mol. The molecule has 4 aromatic rings. The lowest BCUT2D eigenvalue weighted by atomic mass is 9.92. The third-order valence-corrected chi connectivity index (χ3v) is 6.72. The zero-order chi connectivity index (χ0) is 23.7. The highest BCUT2D eigenvalue weighted by molar-refractivity contribution is 5.91. The van der Waals surface area contributed by atoms with Crippen molar-refractivity contribution in [3.05, 3.63) is 82.3 Å². The average Bonchev–Trinajstić information content (AvgIpc) is 3.27. The van der Waals surface area contributed by atoms with Gasteiger partial charge in [-0.3, -0.25) is 10.3 Å². The van der Waals surface area contributed by atoms with Crippen LogP contribution in [0.15, 0.2) is 48.7 Å². The van der Waals surface area contributed by atoms with Crippen molar-refractivity contribution in [2.24, 2.45) is 0 Å². The Morgan fingerprint density at radius 2 is 2.03 bits per heavy atom. The van der Waals surface area contributed by atoms with Gasteiger partial charge < -0.3 is 4.74 Å². The number of aromatic nitrogens is 5. The van der Waals surface area contributed by atoms with Crippen molar-refractivity contribution >= 4 is 16.9 Å². The van der Waals surface area contributed by atoms with Gasteiger partial charge in [-0.2, -0.15) is 0 Å². The van der Waals surface area contributed by atoms with E-state index in [9.17, 15) is 4.79 Å². The minimum absolute atomic E-state index is 0.241. The third kappa shape index (κ3) is 4.05. The standard InChI is InChI=1S/C26H28N6O2/c1-16-9-11-19-6-5-13-27-23(19)22(16)24(25-29-30-31-32(25)20-7-4-8-20)28-15-18-10-12-21(17(2)14-18)26(33)34-3/h5-6,9-14,20,24,28H,4,7-8,15H2,1-3H3. The molecule has 2 aromatic heterocycles. The van der Waals surface area contributed by atoms with Gasteiger partial charge in [0.25, 0.3) is 0 Å². The molecule has 1 saturated carbocycles. The number of ether oxygens (including phenoxy) is 1. The first-order chi connectivity index (χ1) is 16.6. The van der Waals surface area contributed by atoms with Crippen LogP contribution in [0.2, 0.25) is 0 Å². The number of esters is 1. The summed E-state index contributed by atoms with van der Waals surface area (Å²) in [4.78, 5) is 16.7. The molecular formula is C26H28N6O2. The van der Waals surface area contributed by atoms with Crippen LogP contribution in [0.3, 0.4) is 0 Å². The number of rotatable bonds is 7. The van der Waals surface area contributed by atoms with Crippen LogP contribution in [0, 0.1) is 13.8 Å². The first kappa shape index (κ1) is 22.2. The molecule has 0 saturated heterocycles. The Kier molecular flexibility index (Phi) is 6.06. The number of nitrogens with zero attached hydrogens (tertiary/aromatic N) is 5. The Morgan fingerprint density at radius 1 is 1.18 bits per heavy atom. The highest BCUT2D eigenvalue weighted by atomic mass is 16.5. The van der Waals surface area contributed by atoms with Gasteiger partial charge in [-0.25, -0.2) is 9.48 Å². The van der Waals surface area contributed by atoms with E-state index in [-0.39, 0.29) is 12.0 Å². The van der Waals surface area contributed by atoms with Crippen LogP contribution < -0.4 is 5.32 Å². The normalized spacial score (nSPS) is 14.7. The summed E-state index contributed by atoms with van der Waals surface area (Å²) < 4.78 is 6.86. The van der Waals surface area contributed by atoms with Crippen molar-refractivity contribution in [3.8, 4) is 0 Å². The van der Waals surface area contributed by atoms with Crippen LogP contribution in [0.25, 0.3) is 10.9 Å². The summed E-state index contributed by atoms with van der Waals surface area (Å²) in [5.41, 5.74) is 5.67. The fourth-order valence-corrected chi connectivity index (χ4v) is 4.63. The van der Waals surface area contributed by atoms with E-state index in [1.807, 2.05) is 42.1 Å². The zero-order valence-electron chi connectivity index (χ0n) is 19.7. The maximum atomic E-state index is 12.0. The summed E-state index contributed by atoms with van der Waals surface area (Å²) in [7, 11) is 1.40. The number of hydrogen-bond donors (Lipinski definition) is 1. The maximum absolute atomic E-state index is 12.0. The molecule has 1 aliphatic rings. The highest BCUT2D eigenvalue weighted by Gasteiger charge is 2.30. The quantitative estimate of drug-likeness (QED) is 0.416. The van der Waals surface area contributed by atoms with E-state index in [4.69, 9.17) is 9.72 Å². The van der Waals surface area contributed by atoms with Crippen LogP contribution >= 0.6 is 0 Å². The van der Waals surface area contributed by atoms with E-state index in [1.54, 1.807) is 0 Å². The molecule has 0 bridgehead atoms. The molecule has 1 aliphatic carbocycles. The van der Waals surface area contributed by atoms with Gasteiger partial charge >= 0.3 is 5.97 Å². The first-order valence-corrected chi connectivity index (χ1v) is 11.6. The number of fused-ring (bicyclic) bond motifs is 1. The van der Waals surface area contributed by atoms with Crippen LogP contribution in [0.4, 0.5) is 0 Å². The number of methoxy groups -OCH3 is 1. The summed E-state index contributed by atoms with van der Waals surface area (Å²) in [5, 5.41) is 17.6. The summed E-state index contributed by atoms with van der Waals surface area (Å²) in [6.07, 6.45) is 5.20. The summed E-state index contributed by atoms with van der Waals surface area (Å²) in [6, 6.07) is 14.1. The predicted octanol–water partition coefficient (Wildman–Crippen LogP) is 4.23. The number of carbonyl (C=O) groups excluding carboxylic acids is 1. The van der Waals surface area contributed by atoms with E-state index in [2.05, 4.69) is 46.0 Å². The Hall–Kier alpha value is -3.65. The lowest BCUT2D eigenvalue weighted by molar-refractivity contribution is 0.0600. The zero-order valence-corrected chi connectivity index (χ0v) is 19.7. The van der Waals surface area contributed by atoms with Crippen molar-refractivity contribution in [1.29, 1.82) is 0 Å². The fourth-order valence-electron chi connectivity index (χ4n) is 4.63. The molecule has 1 fully saturated rings. The number of carbonyl (C=O) groups is 1. The van der Waals surface area contributed by atoms with Gasteiger partial charge in [0.15, 0.2) is 5.82 Å². The lowest BCUT2D eigenvalue weighted by Crippen LogP contribution is -2.29. The van der Waals surface area contributed by atoms with E-state index in [1.165, 1.54) is 13.5 Å². The first-order valence-electron chi connectivity index (χ1n) is 11.6. The summed E-state index contributed by atoms with van der Waals surface area (Å²) in [5.74, 6) is 0.473. The molecule has 0 spiro atoms. The largest absolute Gasteiger partial charge is 0.465 e. The van der Waals surface area contributed by atoms with Crippen molar-refractivity contribution in [1.82, 2.24) is 30.5 Å². The highest BCUT2D eigenvalue weighted by Crippen LogP contribution is 2.35. The Labute approximate surface area is 198 Å². The number of pyridine rings is 1. The van der Waals surface area contributed by atoms with Crippen LogP contribution in [0.5, 0.6) is 0 Å². The molecule has 5 rings (SSSR count). The SMILES string of the molecule is COC(=O)c1ccc(CNC(c2c(C)ccc3cccnc23)c2nnnn2C2CCC2)cc1C. The monoisotopic (exact) mass is 456 g/mol. The third-order valence-electron chi connectivity index (χ3n) is 6.72. The number of aryl methyl sites for hydroxylation is 2. The van der Waals surface area contributed by atoms with Crippen molar-refractivity contribution < 1.29 is 9.53 Å². The second kappa shape index (κ2) is 9.30. The molecule has 174 valence electrons. The van der Waals surface area contributed by atoms with Crippen molar-refractivity contribution in [2.45, 2.75) is 51.7 Å².